The SMILES string of the molecule is N#Cc1ccccc1NC(=O)C1CCC(C(=O)NCc2ccncc2)CC1. The van der Waals surface area contributed by atoms with Gasteiger partial charge >= 0.3 is 0 Å². The minimum atomic E-state index is -0.124. The van der Waals surface area contributed by atoms with Crippen LogP contribution in [0.3, 0.4) is 0 Å². The van der Waals surface area contributed by atoms with Crippen molar-refractivity contribution in [3.63, 3.8) is 0 Å². The molecule has 6 nitrogen and oxygen atoms in total. The van der Waals surface area contributed by atoms with Crippen molar-refractivity contribution in [1.29, 1.82) is 5.26 Å². The van der Waals surface area contributed by atoms with E-state index in [-0.39, 0.29) is 23.7 Å². The van der Waals surface area contributed by atoms with E-state index in [1.807, 2.05) is 12.1 Å². The molecule has 138 valence electrons. The number of nitriles is 1. The van der Waals surface area contributed by atoms with Crippen LogP contribution in [0.1, 0.15) is 36.8 Å². The fourth-order valence-electron chi connectivity index (χ4n) is 3.38. The van der Waals surface area contributed by atoms with Gasteiger partial charge in [0.2, 0.25) is 11.8 Å². The molecule has 0 atom stereocenters. The van der Waals surface area contributed by atoms with Crippen molar-refractivity contribution in [1.82, 2.24) is 10.3 Å². The average molecular weight is 362 g/mol. The molecule has 2 aromatic rings. The minimum absolute atomic E-state index is 0.0421. The standard InChI is InChI=1S/C21H22N4O2/c22-13-18-3-1-2-4-19(18)25-21(27)17-7-5-16(6-8-17)20(26)24-14-15-9-11-23-12-10-15/h1-4,9-12,16-17H,5-8,14H2,(H,24,26)(H,25,27). The van der Waals surface area contributed by atoms with Crippen molar-refractivity contribution < 1.29 is 9.59 Å². The Morgan fingerprint density at radius 3 is 2.30 bits per heavy atom. The Morgan fingerprint density at radius 2 is 1.63 bits per heavy atom. The lowest BCUT2D eigenvalue weighted by molar-refractivity contribution is -0.128. The summed E-state index contributed by atoms with van der Waals surface area (Å²) in [6, 6.07) is 12.8. The number of anilines is 1. The molecule has 1 aliphatic rings. The number of nitrogens with one attached hydrogen (secondary N) is 2. The third-order valence-corrected chi connectivity index (χ3v) is 4.99. The van der Waals surface area contributed by atoms with Gasteiger partial charge in [0.05, 0.1) is 11.3 Å². The second kappa shape index (κ2) is 8.95. The molecule has 6 heteroatoms. The monoisotopic (exact) mass is 362 g/mol. The van der Waals surface area contributed by atoms with Crippen LogP contribution in [-0.2, 0) is 16.1 Å². The van der Waals surface area contributed by atoms with Crippen LogP contribution in [0.5, 0.6) is 0 Å². The second-order valence-corrected chi connectivity index (χ2v) is 6.77. The molecule has 1 aromatic carbocycles. The molecule has 1 fully saturated rings. The zero-order valence-electron chi connectivity index (χ0n) is 15.0. The van der Waals surface area contributed by atoms with E-state index in [0.717, 1.165) is 5.56 Å². The van der Waals surface area contributed by atoms with Crippen LogP contribution in [0, 0.1) is 23.2 Å². The largest absolute Gasteiger partial charge is 0.352 e. The fraction of sp³-hybridized carbons (Fsp3) is 0.333. The van der Waals surface area contributed by atoms with Gasteiger partial charge in [-0.05, 0) is 55.5 Å². The van der Waals surface area contributed by atoms with E-state index in [1.54, 1.807) is 36.7 Å². The summed E-state index contributed by atoms with van der Waals surface area (Å²) in [6.45, 7) is 0.493. The quantitative estimate of drug-likeness (QED) is 0.855. The molecular weight excluding hydrogens is 340 g/mol. The third kappa shape index (κ3) is 4.91. The molecule has 27 heavy (non-hydrogen) atoms. The Hall–Kier alpha value is -3.20. The van der Waals surface area contributed by atoms with Crippen LogP contribution >= 0.6 is 0 Å². The minimum Gasteiger partial charge on any atom is -0.352 e. The van der Waals surface area contributed by atoms with Crippen LogP contribution in [0.4, 0.5) is 5.69 Å². The normalized spacial score (nSPS) is 18.9. The summed E-state index contributed by atoms with van der Waals surface area (Å²) in [6.07, 6.45) is 6.15. The van der Waals surface area contributed by atoms with Gasteiger partial charge in [0.25, 0.3) is 0 Å². The van der Waals surface area contributed by atoms with Crippen molar-refractivity contribution in [2.24, 2.45) is 11.8 Å². The second-order valence-electron chi connectivity index (χ2n) is 6.77. The zero-order chi connectivity index (χ0) is 19.1. The highest BCUT2D eigenvalue weighted by molar-refractivity contribution is 5.94. The van der Waals surface area contributed by atoms with Crippen molar-refractivity contribution in [3.05, 3.63) is 59.9 Å². The van der Waals surface area contributed by atoms with E-state index >= 15 is 0 Å². The van der Waals surface area contributed by atoms with E-state index in [0.29, 0.717) is 43.5 Å². The van der Waals surface area contributed by atoms with E-state index in [4.69, 9.17) is 5.26 Å². The number of benzene rings is 1. The Kier molecular flexibility index (Phi) is 6.16. The fourth-order valence-corrected chi connectivity index (χ4v) is 3.38. The molecule has 1 saturated carbocycles. The predicted octanol–water partition coefficient (Wildman–Crippen LogP) is 3.01. The lowest BCUT2D eigenvalue weighted by Crippen LogP contribution is -2.35. The van der Waals surface area contributed by atoms with Gasteiger partial charge in [-0.1, -0.05) is 12.1 Å². The number of amides is 2. The van der Waals surface area contributed by atoms with Gasteiger partial charge in [0.15, 0.2) is 0 Å². The van der Waals surface area contributed by atoms with Crippen LogP contribution in [0.15, 0.2) is 48.8 Å². The molecular formula is C21H22N4O2. The third-order valence-electron chi connectivity index (χ3n) is 4.99. The lowest BCUT2D eigenvalue weighted by atomic mass is 9.81. The highest BCUT2D eigenvalue weighted by Gasteiger charge is 2.30. The average Bonchev–Trinajstić information content (AvgIpc) is 2.73. The molecule has 1 aliphatic carbocycles. The van der Waals surface area contributed by atoms with Crippen LogP contribution < -0.4 is 10.6 Å². The summed E-state index contributed by atoms with van der Waals surface area (Å²) < 4.78 is 0. The molecule has 0 radical (unpaired) electrons. The predicted molar refractivity (Wildman–Crippen MR) is 101 cm³/mol. The van der Waals surface area contributed by atoms with E-state index < -0.39 is 0 Å². The molecule has 3 rings (SSSR count). The van der Waals surface area contributed by atoms with Crippen LogP contribution in [-0.4, -0.2) is 16.8 Å². The maximum absolute atomic E-state index is 12.5. The lowest BCUT2D eigenvalue weighted by Gasteiger charge is -2.27. The van der Waals surface area contributed by atoms with E-state index in [9.17, 15) is 9.59 Å². The van der Waals surface area contributed by atoms with Crippen molar-refractivity contribution in [3.8, 4) is 6.07 Å². The summed E-state index contributed by atoms with van der Waals surface area (Å²) >= 11 is 0. The van der Waals surface area contributed by atoms with Crippen molar-refractivity contribution in [2.45, 2.75) is 32.2 Å². The first-order valence-electron chi connectivity index (χ1n) is 9.14. The Morgan fingerprint density at radius 1 is 1.00 bits per heavy atom. The Balaban J connectivity index is 1.47. The molecule has 0 saturated heterocycles. The maximum atomic E-state index is 12.5. The number of hydrogen-bond acceptors (Lipinski definition) is 4. The van der Waals surface area contributed by atoms with Crippen molar-refractivity contribution in [2.75, 3.05) is 5.32 Å². The molecule has 0 unspecified atom stereocenters. The summed E-state index contributed by atoms with van der Waals surface area (Å²) in [4.78, 5) is 28.8. The first-order valence-corrected chi connectivity index (χ1v) is 9.14. The summed E-state index contributed by atoms with van der Waals surface area (Å²) in [5.41, 5.74) is 2.01. The number of pyridine rings is 1. The molecule has 1 aromatic heterocycles. The number of para-hydroxylation sites is 1. The smallest absolute Gasteiger partial charge is 0.227 e. The molecule has 0 spiro atoms. The first kappa shape index (κ1) is 18.6. The van der Waals surface area contributed by atoms with Crippen LogP contribution in [0.25, 0.3) is 0 Å². The molecule has 2 amide bonds. The van der Waals surface area contributed by atoms with Gasteiger partial charge in [0.1, 0.15) is 6.07 Å². The number of carbonyl (C=O) groups excluding carboxylic acids is 2. The van der Waals surface area contributed by atoms with E-state index in [1.165, 1.54) is 0 Å². The summed E-state index contributed by atoms with van der Waals surface area (Å²) in [7, 11) is 0. The maximum Gasteiger partial charge on any atom is 0.227 e. The number of hydrogen-bond donors (Lipinski definition) is 2. The zero-order valence-corrected chi connectivity index (χ0v) is 15.0. The van der Waals surface area contributed by atoms with Crippen LogP contribution in [0.2, 0.25) is 0 Å². The number of carbonyl (C=O) groups is 2. The Labute approximate surface area is 158 Å². The summed E-state index contributed by atoms with van der Waals surface area (Å²) in [5.74, 6) is -0.211. The van der Waals surface area contributed by atoms with Gasteiger partial charge in [-0.2, -0.15) is 5.26 Å². The Bertz CT molecular complexity index is 837. The van der Waals surface area contributed by atoms with Gasteiger partial charge in [-0.3, -0.25) is 14.6 Å². The van der Waals surface area contributed by atoms with Crippen molar-refractivity contribution >= 4 is 17.5 Å². The van der Waals surface area contributed by atoms with Gasteiger partial charge in [-0.15, -0.1) is 0 Å². The van der Waals surface area contributed by atoms with Gasteiger partial charge in [-0.25, -0.2) is 0 Å². The van der Waals surface area contributed by atoms with E-state index in [2.05, 4.69) is 21.7 Å². The topological polar surface area (TPSA) is 94.9 Å². The summed E-state index contributed by atoms with van der Waals surface area (Å²) in [5, 5.41) is 14.9. The van der Waals surface area contributed by atoms with Gasteiger partial charge in [0, 0.05) is 30.8 Å². The molecule has 0 aliphatic heterocycles. The molecule has 0 bridgehead atoms. The molecule has 2 N–H and O–H groups in total. The molecule has 1 heterocycles. The number of nitrogens with zero attached hydrogens (tertiary/aromatic N) is 2. The first-order chi connectivity index (χ1) is 13.2. The number of rotatable bonds is 5. The highest BCUT2D eigenvalue weighted by atomic mass is 16.2. The highest BCUT2D eigenvalue weighted by Crippen LogP contribution is 2.30. The van der Waals surface area contributed by atoms with Gasteiger partial charge < -0.3 is 10.6 Å². The number of aromatic nitrogens is 1.